The molecule has 1 atom stereocenters. The van der Waals surface area contributed by atoms with Crippen LogP contribution in [0.4, 0.5) is 8.78 Å². The summed E-state index contributed by atoms with van der Waals surface area (Å²) in [4.78, 5) is 12.0. The van der Waals surface area contributed by atoms with Gasteiger partial charge in [0.1, 0.15) is 0 Å². The molecule has 0 radical (unpaired) electrons. The second kappa shape index (κ2) is 5.57. The number of hydrogen-bond donors (Lipinski definition) is 1. The predicted octanol–water partition coefficient (Wildman–Crippen LogP) is 2.85. The highest BCUT2D eigenvalue weighted by molar-refractivity contribution is 5.96. The molecule has 1 aromatic carbocycles. The normalized spacial score (nSPS) is 19.8. The third-order valence-electron chi connectivity index (χ3n) is 3.45. The van der Waals surface area contributed by atoms with E-state index in [4.69, 9.17) is 0 Å². The smallest absolute Gasteiger partial charge is 0.169 e. The summed E-state index contributed by atoms with van der Waals surface area (Å²) >= 11 is 0. The zero-order valence-electron chi connectivity index (χ0n) is 10.4. The van der Waals surface area contributed by atoms with E-state index in [0.717, 1.165) is 25.9 Å². The highest BCUT2D eigenvalue weighted by atomic mass is 19.2. The van der Waals surface area contributed by atoms with Crippen molar-refractivity contribution in [2.24, 2.45) is 5.92 Å². The van der Waals surface area contributed by atoms with E-state index >= 15 is 0 Å². The van der Waals surface area contributed by atoms with E-state index in [2.05, 4.69) is 5.32 Å². The Bertz CT molecular complexity index is 453. The number of carbonyl (C=O) groups excluding carboxylic acids is 1. The van der Waals surface area contributed by atoms with Crippen LogP contribution < -0.4 is 5.32 Å². The van der Waals surface area contributed by atoms with Gasteiger partial charge >= 0.3 is 0 Å². The maximum Gasteiger partial charge on any atom is 0.169 e. The maximum absolute atomic E-state index is 13.7. The van der Waals surface area contributed by atoms with Gasteiger partial charge in [-0.2, -0.15) is 0 Å². The molecular formula is C14H17F2NO. The molecule has 18 heavy (non-hydrogen) atoms. The highest BCUT2D eigenvalue weighted by Crippen LogP contribution is 2.21. The van der Waals surface area contributed by atoms with E-state index in [9.17, 15) is 13.6 Å². The van der Waals surface area contributed by atoms with E-state index in [1.165, 1.54) is 19.1 Å². The molecule has 4 heteroatoms. The average Bonchev–Trinajstić information content (AvgIpc) is 2.37. The predicted molar refractivity (Wildman–Crippen MR) is 65.6 cm³/mol. The van der Waals surface area contributed by atoms with Gasteiger partial charge in [0.15, 0.2) is 17.4 Å². The lowest BCUT2D eigenvalue weighted by Crippen LogP contribution is -2.31. The summed E-state index contributed by atoms with van der Waals surface area (Å²) in [5, 5.41) is 3.21. The first-order valence-corrected chi connectivity index (χ1v) is 6.28. The maximum atomic E-state index is 13.7. The molecule has 1 heterocycles. The number of aryl methyl sites for hydroxylation is 1. The topological polar surface area (TPSA) is 29.1 Å². The van der Waals surface area contributed by atoms with Crippen molar-refractivity contribution in [2.75, 3.05) is 13.1 Å². The Hall–Kier alpha value is -1.29. The van der Waals surface area contributed by atoms with Gasteiger partial charge in [0.2, 0.25) is 0 Å². The summed E-state index contributed by atoms with van der Waals surface area (Å²) < 4.78 is 27.0. The molecule has 1 aliphatic rings. The Morgan fingerprint density at radius 3 is 2.83 bits per heavy atom. The largest absolute Gasteiger partial charge is 0.316 e. The molecule has 0 aromatic heterocycles. The third kappa shape index (κ3) is 2.75. The van der Waals surface area contributed by atoms with Crippen LogP contribution in [-0.2, 0) is 0 Å². The number of benzene rings is 1. The van der Waals surface area contributed by atoms with Gasteiger partial charge in [-0.15, -0.1) is 0 Å². The molecular weight excluding hydrogens is 236 g/mol. The molecule has 1 unspecified atom stereocenters. The number of piperidine rings is 1. The molecule has 0 spiro atoms. The van der Waals surface area contributed by atoms with Gasteiger partial charge in [-0.25, -0.2) is 8.78 Å². The second-order valence-electron chi connectivity index (χ2n) is 4.90. The Morgan fingerprint density at radius 2 is 2.17 bits per heavy atom. The summed E-state index contributed by atoms with van der Waals surface area (Å²) in [6, 6.07) is 2.83. The van der Waals surface area contributed by atoms with Crippen molar-refractivity contribution in [2.45, 2.75) is 26.2 Å². The Balaban J connectivity index is 2.11. The molecule has 1 saturated heterocycles. The Kier molecular flexibility index (Phi) is 4.07. The van der Waals surface area contributed by atoms with E-state index < -0.39 is 11.6 Å². The molecule has 1 aromatic rings. The number of Topliss-reactive ketones (excluding diaryl/α,β-unsaturated/α-hetero) is 1. The number of carbonyl (C=O) groups is 1. The van der Waals surface area contributed by atoms with E-state index in [0.29, 0.717) is 0 Å². The summed E-state index contributed by atoms with van der Waals surface area (Å²) in [5.41, 5.74) is 0.104. The first-order chi connectivity index (χ1) is 8.59. The zero-order chi connectivity index (χ0) is 13.1. The van der Waals surface area contributed by atoms with Crippen LogP contribution in [0.1, 0.15) is 35.2 Å². The van der Waals surface area contributed by atoms with Crippen molar-refractivity contribution in [3.63, 3.8) is 0 Å². The van der Waals surface area contributed by atoms with Gasteiger partial charge < -0.3 is 5.32 Å². The van der Waals surface area contributed by atoms with Gasteiger partial charge in [-0.3, -0.25) is 4.79 Å². The number of rotatable bonds is 3. The minimum absolute atomic E-state index is 0.122. The molecule has 1 aliphatic heterocycles. The van der Waals surface area contributed by atoms with Gasteiger partial charge in [0, 0.05) is 6.42 Å². The Morgan fingerprint density at radius 1 is 1.39 bits per heavy atom. The molecule has 1 fully saturated rings. The van der Waals surface area contributed by atoms with Crippen LogP contribution in [0.2, 0.25) is 0 Å². The minimum atomic E-state index is -1.01. The fourth-order valence-electron chi connectivity index (χ4n) is 2.33. The first kappa shape index (κ1) is 13.1. The zero-order valence-corrected chi connectivity index (χ0v) is 10.4. The van der Waals surface area contributed by atoms with Crippen LogP contribution in [0.15, 0.2) is 12.1 Å². The average molecular weight is 253 g/mol. The van der Waals surface area contributed by atoms with Crippen LogP contribution in [0.5, 0.6) is 0 Å². The number of halogens is 2. The first-order valence-electron chi connectivity index (χ1n) is 6.28. The lowest BCUT2D eigenvalue weighted by Gasteiger charge is -2.22. The van der Waals surface area contributed by atoms with Crippen molar-refractivity contribution in [3.8, 4) is 0 Å². The van der Waals surface area contributed by atoms with Gasteiger partial charge in [0.25, 0.3) is 0 Å². The van der Waals surface area contributed by atoms with Crippen molar-refractivity contribution in [1.82, 2.24) is 5.32 Å². The molecule has 0 aliphatic carbocycles. The lowest BCUT2D eigenvalue weighted by molar-refractivity contribution is 0.0949. The second-order valence-corrected chi connectivity index (χ2v) is 4.90. The fourth-order valence-corrected chi connectivity index (χ4v) is 2.33. The number of nitrogens with one attached hydrogen (secondary N) is 1. The summed E-state index contributed by atoms with van der Waals surface area (Å²) in [7, 11) is 0. The molecule has 0 bridgehead atoms. The fraction of sp³-hybridized carbons (Fsp3) is 0.500. The van der Waals surface area contributed by atoms with Crippen molar-refractivity contribution in [1.29, 1.82) is 0 Å². The van der Waals surface area contributed by atoms with Crippen molar-refractivity contribution < 1.29 is 13.6 Å². The molecule has 2 nitrogen and oxygen atoms in total. The third-order valence-corrected chi connectivity index (χ3v) is 3.45. The van der Waals surface area contributed by atoms with Crippen LogP contribution in [-0.4, -0.2) is 18.9 Å². The molecule has 1 N–H and O–H groups in total. The monoisotopic (exact) mass is 253 g/mol. The molecule has 0 amide bonds. The standard InChI is InChI=1S/C14H17F2NO/c1-9-4-5-11(14(16)13(9)15)12(18)7-10-3-2-6-17-8-10/h4-5,10,17H,2-3,6-8H2,1H3. The van der Waals surface area contributed by atoms with Crippen LogP contribution >= 0.6 is 0 Å². The van der Waals surface area contributed by atoms with Gasteiger partial charge in [-0.1, -0.05) is 6.07 Å². The molecule has 2 rings (SSSR count). The Labute approximate surface area is 105 Å². The minimum Gasteiger partial charge on any atom is -0.316 e. The number of ketones is 1. The summed E-state index contributed by atoms with van der Waals surface area (Å²) in [6.45, 7) is 3.23. The van der Waals surface area contributed by atoms with E-state index in [1.54, 1.807) is 0 Å². The number of hydrogen-bond acceptors (Lipinski definition) is 2. The molecule has 0 saturated carbocycles. The van der Waals surface area contributed by atoms with Crippen molar-refractivity contribution in [3.05, 3.63) is 34.9 Å². The quantitative estimate of drug-likeness (QED) is 0.839. The molecule has 98 valence electrons. The van der Waals surface area contributed by atoms with Crippen LogP contribution in [0.3, 0.4) is 0 Å². The lowest BCUT2D eigenvalue weighted by atomic mass is 9.91. The highest BCUT2D eigenvalue weighted by Gasteiger charge is 2.21. The van der Waals surface area contributed by atoms with Crippen LogP contribution in [0, 0.1) is 24.5 Å². The van der Waals surface area contributed by atoms with Crippen LogP contribution in [0.25, 0.3) is 0 Å². The summed E-state index contributed by atoms with van der Waals surface area (Å²) in [6.07, 6.45) is 2.28. The SMILES string of the molecule is Cc1ccc(C(=O)CC2CCCNC2)c(F)c1F. The summed E-state index contributed by atoms with van der Waals surface area (Å²) in [5.74, 6) is -2.00. The van der Waals surface area contributed by atoms with Gasteiger partial charge in [-0.05, 0) is 50.4 Å². The van der Waals surface area contributed by atoms with E-state index in [-0.39, 0.29) is 29.2 Å². The van der Waals surface area contributed by atoms with E-state index in [1.807, 2.05) is 0 Å². The van der Waals surface area contributed by atoms with Gasteiger partial charge in [0.05, 0.1) is 5.56 Å². The van der Waals surface area contributed by atoms with Crippen molar-refractivity contribution >= 4 is 5.78 Å².